The van der Waals surface area contributed by atoms with Gasteiger partial charge in [0.15, 0.2) is 0 Å². The Morgan fingerprint density at radius 2 is 1.96 bits per heavy atom. The summed E-state index contributed by atoms with van der Waals surface area (Å²) in [6.45, 7) is 4.97. The molecule has 0 aliphatic carbocycles. The molecule has 0 heterocycles. The summed E-state index contributed by atoms with van der Waals surface area (Å²) in [5, 5.41) is 3.02. The van der Waals surface area contributed by atoms with Crippen LogP contribution in [-0.4, -0.2) is 18.7 Å². The lowest BCUT2D eigenvalue weighted by Crippen LogP contribution is -2.24. The molecule has 0 saturated carbocycles. The predicted molar refractivity (Wildman–Crippen MR) is 100 cm³/mol. The maximum atomic E-state index is 12.2. The first-order valence-electron chi connectivity index (χ1n) is 8.02. The summed E-state index contributed by atoms with van der Waals surface area (Å²) in [6.07, 6.45) is 4.03. The minimum Gasteiger partial charge on any atom is -0.352 e. The van der Waals surface area contributed by atoms with Crippen LogP contribution in [-0.2, 0) is 12.2 Å². The van der Waals surface area contributed by atoms with E-state index in [2.05, 4.69) is 49.7 Å². The van der Waals surface area contributed by atoms with Crippen molar-refractivity contribution in [2.24, 2.45) is 0 Å². The van der Waals surface area contributed by atoms with Gasteiger partial charge in [-0.15, -0.1) is 0 Å². The highest BCUT2D eigenvalue weighted by molar-refractivity contribution is 7.97. The van der Waals surface area contributed by atoms with Crippen molar-refractivity contribution in [3.63, 3.8) is 0 Å². The van der Waals surface area contributed by atoms with Crippen LogP contribution >= 0.6 is 11.8 Å². The average Bonchev–Trinajstić information content (AvgIpc) is 2.53. The highest BCUT2D eigenvalue weighted by atomic mass is 32.2. The number of benzene rings is 2. The molecule has 0 unspecified atom stereocenters. The Labute approximate surface area is 143 Å². The van der Waals surface area contributed by atoms with Crippen LogP contribution in [0.15, 0.2) is 42.5 Å². The third-order valence-corrected chi connectivity index (χ3v) is 4.53. The quantitative estimate of drug-likeness (QED) is 0.757. The Hall–Kier alpha value is -1.74. The molecule has 0 bridgehead atoms. The number of hydrogen-bond donors (Lipinski definition) is 1. The molecule has 0 aliphatic heterocycles. The lowest BCUT2D eigenvalue weighted by atomic mass is 10.0. The minimum absolute atomic E-state index is 0.0218. The number of rotatable bonds is 7. The van der Waals surface area contributed by atoms with Crippen molar-refractivity contribution >= 4 is 17.7 Å². The van der Waals surface area contributed by atoms with Gasteiger partial charge in [0.25, 0.3) is 5.91 Å². The molecule has 0 radical (unpaired) electrons. The van der Waals surface area contributed by atoms with Crippen molar-refractivity contribution in [1.29, 1.82) is 0 Å². The third-order valence-electron chi connectivity index (χ3n) is 3.91. The number of carbonyl (C=O) groups excluding carboxylic acids is 1. The van der Waals surface area contributed by atoms with Crippen LogP contribution < -0.4 is 5.32 Å². The van der Waals surface area contributed by atoms with Gasteiger partial charge < -0.3 is 5.32 Å². The monoisotopic (exact) mass is 327 g/mol. The van der Waals surface area contributed by atoms with Crippen LogP contribution in [0.25, 0.3) is 0 Å². The molecule has 0 saturated heterocycles. The van der Waals surface area contributed by atoms with Crippen LogP contribution in [0.4, 0.5) is 0 Å². The van der Waals surface area contributed by atoms with E-state index >= 15 is 0 Å². The van der Waals surface area contributed by atoms with Gasteiger partial charge in [0.05, 0.1) is 0 Å². The first kappa shape index (κ1) is 17.6. The average molecular weight is 327 g/mol. The molecule has 23 heavy (non-hydrogen) atoms. The maximum Gasteiger partial charge on any atom is 0.251 e. The molecule has 0 aromatic heterocycles. The molecular weight excluding hydrogens is 302 g/mol. The first-order chi connectivity index (χ1) is 11.1. The topological polar surface area (TPSA) is 29.1 Å². The molecule has 0 fully saturated rings. The van der Waals surface area contributed by atoms with Gasteiger partial charge in [-0.1, -0.05) is 35.9 Å². The summed E-state index contributed by atoms with van der Waals surface area (Å²) in [6, 6.07) is 14.4. The van der Waals surface area contributed by atoms with Gasteiger partial charge >= 0.3 is 0 Å². The summed E-state index contributed by atoms with van der Waals surface area (Å²) in [7, 11) is 0. The van der Waals surface area contributed by atoms with Crippen molar-refractivity contribution in [2.45, 2.75) is 32.4 Å². The first-order valence-corrected chi connectivity index (χ1v) is 9.41. The standard InChI is InChI=1S/C20H25NOS/c1-15-9-10-18(16(2)12-15)8-5-11-21-20(22)19-7-4-6-17(13-19)14-23-3/h4,6-7,9-10,12-13H,5,8,11,14H2,1-3H3,(H,21,22). The van der Waals surface area contributed by atoms with Crippen molar-refractivity contribution in [1.82, 2.24) is 5.32 Å². The van der Waals surface area contributed by atoms with Crippen LogP contribution in [0.5, 0.6) is 0 Å². The van der Waals surface area contributed by atoms with E-state index in [0.29, 0.717) is 6.54 Å². The van der Waals surface area contributed by atoms with Crippen molar-refractivity contribution in [2.75, 3.05) is 12.8 Å². The van der Waals surface area contributed by atoms with E-state index in [0.717, 1.165) is 24.2 Å². The molecule has 2 rings (SSSR count). The second-order valence-corrected chi connectivity index (χ2v) is 6.79. The molecule has 1 amide bonds. The van der Waals surface area contributed by atoms with Crippen molar-refractivity contribution in [3.05, 3.63) is 70.3 Å². The Morgan fingerprint density at radius 1 is 1.13 bits per heavy atom. The highest BCUT2D eigenvalue weighted by Gasteiger charge is 2.06. The summed E-state index contributed by atoms with van der Waals surface area (Å²) in [5.74, 6) is 0.960. The largest absolute Gasteiger partial charge is 0.352 e. The van der Waals surface area contributed by atoms with Gasteiger partial charge in [0, 0.05) is 17.9 Å². The van der Waals surface area contributed by atoms with Crippen molar-refractivity contribution in [3.8, 4) is 0 Å². The van der Waals surface area contributed by atoms with Gasteiger partial charge in [0.1, 0.15) is 0 Å². The molecule has 122 valence electrons. The Morgan fingerprint density at radius 3 is 2.70 bits per heavy atom. The lowest BCUT2D eigenvalue weighted by molar-refractivity contribution is 0.0953. The zero-order chi connectivity index (χ0) is 16.7. The van der Waals surface area contributed by atoms with Gasteiger partial charge in [-0.2, -0.15) is 11.8 Å². The van der Waals surface area contributed by atoms with Crippen LogP contribution in [0, 0.1) is 13.8 Å². The van der Waals surface area contributed by atoms with Gasteiger partial charge in [0.2, 0.25) is 0 Å². The maximum absolute atomic E-state index is 12.2. The molecule has 2 aromatic rings. The molecule has 1 N–H and O–H groups in total. The summed E-state index contributed by atoms with van der Waals surface area (Å²) in [4.78, 5) is 12.2. The molecule has 0 aliphatic rings. The Balaban J connectivity index is 1.81. The number of nitrogens with one attached hydrogen (secondary N) is 1. The van der Waals surface area contributed by atoms with E-state index in [1.54, 1.807) is 11.8 Å². The zero-order valence-electron chi connectivity index (χ0n) is 14.2. The fourth-order valence-corrected chi connectivity index (χ4v) is 3.19. The molecule has 0 atom stereocenters. The smallest absolute Gasteiger partial charge is 0.251 e. The highest BCUT2D eigenvalue weighted by Crippen LogP contribution is 2.13. The number of amides is 1. The molecule has 2 aromatic carbocycles. The number of carbonyl (C=O) groups is 1. The SMILES string of the molecule is CSCc1cccc(C(=O)NCCCc2ccc(C)cc2C)c1. The molecule has 3 heteroatoms. The van der Waals surface area contributed by atoms with Gasteiger partial charge in [-0.25, -0.2) is 0 Å². The number of hydrogen-bond acceptors (Lipinski definition) is 2. The second-order valence-electron chi connectivity index (χ2n) is 5.92. The van der Waals surface area contributed by atoms with Crippen molar-refractivity contribution < 1.29 is 4.79 Å². The van der Waals surface area contributed by atoms with Gasteiger partial charge in [-0.05, 0) is 61.8 Å². The molecule has 2 nitrogen and oxygen atoms in total. The van der Waals surface area contributed by atoms with E-state index in [4.69, 9.17) is 0 Å². The van der Waals surface area contributed by atoms with E-state index < -0.39 is 0 Å². The second kappa shape index (κ2) is 8.78. The summed E-state index contributed by atoms with van der Waals surface area (Å²) >= 11 is 1.76. The summed E-state index contributed by atoms with van der Waals surface area (Å²) in [5.41, 5.74) is 5.95. The fraction of sp³-hybridized carbons (Fsp3) is 0.350. The third kappa shape index (κ3) is 5.43. The van der Waals surface area contributed by atoms with E-state index in [1.807, 2.05) is 18.2 Å². The van der Waals surface area contributed by atoms with Crippen LogP contribution in [0.1, 0.15) is 39.0 Å². The normalized spacial score (nSPS) is 10.6. The number of aryl methyl sites for hydroxylation is 3. The van der Waals surface area contributed by atoms with Gasteiger partial charge in [-0.3, -0.25) is 4.79 Å². The predicted octanol–water partition coefficient (Wildman–Crippen LogP) is 4.53. The molecule has 0 spiro atoms. The summed E-state index contributed by atoms with van der Waals surface area (Å²) < 4.78 is 0. The van der Waals surface area contributed by atoms with Crippen LogP contribution in [0.3, 0.4) is 0 Å². The van der Waals surface area contributed by atoms with Crippen LogP contribution in [0.2, 0.25) is 0 Å². The van der Waals surface area contributed by atoms with E-state index in [9.17, 15) is 4.79 Å². The lowest BCUT2D eigenvalue weighted by Gasteiger charge is -2.09. The Bertz CT molecular complexity index is 666. The van der Waals surface area contributed by atoms with E-state index in [1.165, 1.54) is 22.3 Å². The fourth-order valence-electron chi connectivity index (χ4n) is 2.68. The Kier molecular flexibility index (Phi) is 6.72. The zero-order valence-corrected chi connectivity index (χ0v) is 15.0. The molecular formula is C20H25NOS. The number of thioether (sulfide) groups is 1. The minimum atomic E-state index is 0.0218. The van der Waals surface area contributed by atoms with E-state index in [-0.39, 0.29) is 5.91 Å².